The molecule has 0 aliphatic carbocycles. The molecule has 3 aromatic rings. The van der Waals surface area contributed by atoms with E-state index in [1.165, 1.54) is 23.9 Å². The maximum atomic E-state index is 13.0. The van der Waals surface area contributed by atoms with Crippen LogP contribution in [0.5, 0.6) is 5.75 Å². The summed E-state index contributed by atoms with van der Waals surface area (Å²) in [6.07, 6.45) is 1.59. The van der Waals surface area contributed by atoms with Crippen LogP contribution in [-0.4, -0.2) is 23.4 Å². The molecule has 0 saturated carbocycles. The van der Waals surface area contributed by atoms with Gasteiger partial charge in [-0.15, -0.1) is 11.8 Å². The maximum absolute atomic E-state index is 13.0. The normalized spacial score (nSPS) is 10.3. The number of aromatic nitrogens is 1. The summed E-state index contributed by atoms with van der Waals surface area (Å²) >= 11 is 1.35. The Morgan fingerprint density at radius 2 is 1.70 bits per heavy atom. The molecule has 1 aromatic heterocycles. The molecule has 2 aromatic carbocycles. The lowest BCUT2D eigenvalue weighted by atomic mass is 10.2. The van der Waals surface area contributed by atoms with E-state index in [1.54, 1.807) is 54.7 Å². The van der Waals surface area contributed by atoms with Crippen LogP contribution in [-0.2, 0) is 5.75 Å². The monoisotopic (exact) mass is 425 g/mol. The summed E-state index contributed by atoms with van der Waals surface area (Å²) in [4.78, 5) is 29.0. The molecule has 0 saturated heterocycles. The number of hydrogen-bond acceptors (Lipinski definition) is 5. The first-order valence-electron chi connectivity index (χ1n) is 9.22. The molecule has 0 aliphatic heterocycles. The van der Waals surface area contributed by atoms with Gasteiger partial charge in [0.2, 0.25) is 0 Å². The first-order valence-corrected chi connectivity index (χ1v) is 10.2. The van der Waals surface area contributed by atoms with Crippen molar-refractivity contribution < 1.29 is 18.7 Å². The lowest BCUT2D eigenvalue weighted by molar-refractivity contribution is 0.0844. The van der Waals surface area contributed by atoms with Gasteiger partial charge in [0.05, 0.1) is 12.2 Å². The maximum Gasteiger partial charge on any atom is 0.272 e. The van der Waals surface area contributed by atoms with Gasteiger partial charge in [-0.05, 0) is 61.0 Å². The van der Waals surface area contributed by atoms with Crippen molar-refractivity contribution in [2.24, 2.45) is 0 Å². The lowest BCUT2D eigenvalue weighted by Crippen LogP contribution is -2.41. The summed E-state index contributed by atoms with van der Waals surface area (Å²) in [5.74, 6) is -0.0446. The summed E-state index contributed by atoms with van der Waals surface area (Å²) in [5.41, 5.74) is 6.43. The standard InChI is InChI=1S/C22H20FN3O3S/c1-2-29-18-11-7-16(8-12-18)20(27)25-26-21(28)19-4-3-13-24-22(19)30-14-15-5-9-17(23)10-6-15/h3-13H,2,14H2,1H3,(H,25,27)(H,26,28). The van der Waals surface area contributed by atoms with E-state index in [-0.39, 0.29) is 5.82 Å². The number of amides is 2. The minimum Gasteiger partial charge on any atom is -0.494 e. The Labute approximate surface area is 177 Å². The molecule has 2 N–H and O–H groups in total. The summed E-state index contributed by atoms with van der Waals surface area (Å²) in [5, 5.41) is 0.509. The third-order valence-corrected chi connectivity index (χ3v) is 5.10. The zero-order chi connectivity index (χ0) is 21.3. The minimum absolute atomic E-state index is 0.301. The van der Waals surface area contributed by atoms with Gasteiger partial charge < -0.3 is 4.74 Å². The lowest BCUT2D eigenvalue weighted by Gasteiger charge is -2.10. The fourth-order valence-electron chi connectivity index (χ4n) is 2.53. The van der Waals surface area contributed by atoms with E-state index in [4.69, 9.17) is 4.74 Å². The van der Waals surface area contributed by atoms with Crippen molar-refractivity contribution in [1.82, 2.24) is 15.8 Å². The second kappa shape index (κ2) is 10.4. The van der Waals surface area contributed by atoms with Crippen LogP contribution in [0.25, 0.3) is 0 Å². The van der Waals surface area contributed by atoms with Gasteiger partial charge in [0.25, 0.3) is 11.8 Å². The number of ether oxygens (including phenoxy) is 1. The van der Waals surface area contributed by atoms with Crippen LogP contribution in [0, 0.1) is 5.82 Å². The first-order chi connectivity index (χ1) is 14.6. The van der Waals surface area contributed by atoms with Crippen molar-refractivity contribution in [3.8, 4) is 5.75 Å². The van der Waals surface area contributed by atoms with E-state index < -0.39 is 11.8 Å². The average Bonchev–Trinajstić information content (AvgIpc) is 2.78. The third kappa shape index (κ3) is 5.81. The molecule has 0 aliphatic rings. The quantitative estimate of drug-likeness (QED) is 0.442. The minimum atomic E-state index is -0.482. The molecule has 8 heteroatoms. The Bertz CT molecular complexity index is 1010. The smallest absolute Gasteiger partial charge is 0.272 e. The SMILES string of the molecule is CCOc1ccc(C(=O)NNC(=O)c2cccnc2SCc2ccc(F)cc2)cc1. The number of carbonyl (C=O) groups excluding carboxylic acids is 2. The molecule has 154 valence electrons. The van der Waals surface area contributed by atoms with Gasteiger partial charge in [-0.3, -0.25) is 20.4 Å². The number of rotatable bonds is 7. The van der Waals surface area contributed by atoms with Crippen molar-refractivity contribution in [1.29, 1.82) is 0 Å². The predicted octanol–water partition coefficient (Wildman–Crippen LogP) is 3.99. The molecular formula is C22H20FN3O3S. The number of nitrogens with one attached hydrogen (secondary N) is 2. The van der Waals surface area contributed by atoms with Crippen LogP contribution in [0.2, 0.25) is 0 Å². The Hall–Kier alpha value is -3.39. The molecule has 6 nitrogen and oxygen atoms in total. The molecule has 2 amide bonds. The van der Waals surface area contributed by atoms with Crippen LogP contribution >= 0.6 is 11.8 Å². The third-order valence-electron chi connectivity index (χ3n) is 4.02. The number of hydrazine groups is 1. The van der Waals surface area contributed by atoms with Gasteiger partial charge in [0.15, 0.2) is 0 Å². The molecule has 3 rings (SSSR count). The second-order valence-corrected chi connectivity index (χ2v) is 7.10. The van der Waals surface area contributed by atoms with Gasteiger partial charge in [-0.1, -0.05) is 12.1 Å². The Kier molecular flexibility index (Phi) is 7.40. The van der Waals surface area contributed by atoms with Crippen LogP contribution in [0.1, 0.15) is 33.2 Å². The Morgan fingerprint density at radius 1 is 1.00 bits per heavy atom. The van der Waals surface area contributed by atoms with E-state index in [0.29, 0.717) is 34.3 Å². The van der Waals surface area contributed by atoms with Crippen LogP contribution in [0.4, 0.5) is 4.39 Å². The van der Waals surface area contributed by atoms with E-state index in [2.05, 4.69) is 15.8 Å². The molecule has 1 heterocycles. The fourth-order valence-corrected chi connectivity index (χ4v) is 3.48. The number of benzene rings is 2. The van der Waals surface area contributed by atoms with E-state index >= 15 is 0 Å². The van der Waals surface area contributed by atoms with Gasteiger partial charge >= 0.3 is 0 Å². The number of pyridine rings is 1. The highest BCUT2D eigenvalue weighted by Crippen LogP contribution is 2.24. The summed E-state index contributed by atoms with van der Waals surface area (Å²) in [7, 11) is 0. The van der Waals surface area contributed by atoms with E-state index in [0.717, 1.165) is 5.56 Å². The van der Waals surface area contributed by atoms with Crippen molar-refractivity contribution in [2.45, 2.75) is 17.7 Å². The number of carbonyl (C=O) groups is 2. The molecule has 0 spiro atoms. The summed E-state index contributed by atoms with van der Waals surface area (Å²) < 4.78 is 18.4. The summed E-state index contributed by atoms with van der Waals surface area (Å²) in [6, 6.07) is 16.0. The average molecular weight is 425 g/mol. The summed E-state index contributed by atoms with van der Waals surface area (Å²) in [6.45, 7) is 2.41. The first kappa shape index (κ1) is 21.3. The fraction of sp³-hybridized carbons (Fsp3) is 0.136. The molecule has 0 bridgehead atoms. The van der Waals surface area contributed by atoms with Crippen molar-refractivity contribution in [2.75, 3.05) is 6.61 Å². The second-order valence-electron chi connectivity index (χ2n) is 6.14. The Morgan fingerprint density at radius 3 is 2.40 bits per heavy atom. The topological polar surface area (TPSA) is 80.3 Å². The van der Waals surface area contributed by atoms with E-state index in [9.17, 15) is 14.0 Å². The predicted molar refractivity (Wildman–Crippen MR) is 113 cm³/mol. The molecule has 0 radical (unpaired) electrons. The zero-order valence-corrected chi connectivity index (χ0v) is 17.0. The largest absolute Gasteiger partial charge is 0.494 e. The van der Waals surface area contributed by atoms with Gasteiger partial charge in [-0.2, -0.15) is 0 Å². The molecule has 0 fully saturated rings. The molecular weight excluding hydrogens is 405 g/mol. The number of halogens is 1. The zero-order valence-electron chi connectivity index (χ0n) is 16.2. The van der Waals surface area contributed by atoms with Gasteiger partial charge in [0.1, 0.15) is 16.6 Å². The Balaban J connectivity index is 1.59. The highest BCUT2D eigenvalue weighted by atomic mass is 32.2. The highest BCUT2D eigenvalue weighted by molar-refractivity contribution is 7.98. The van der Waals surface area contributed by atoms with Crippen LogP contribution in [0.15, 0.2) is 71.9 Å². The molecule has 30 heavy (non-hydrogen) atoms. The van der Waals surface area contributed by atoms with E-state index in [1.807, 2.05) is 6.92 Å². The van der Waals surface area contributed by atoms with Crippen molar-refractivity contribution in [3.05, 3.63) is 89.4 Å². The number of thioether (sulfide) groups is 1. The van der Waals surface area contributed by atoms with Gasteiger partial charge in [0, 0.05) is 17.5 Å². The highest BCUT2D eigenvalue weighted by Gasteiger charge is 2.14. The van der Waals surface area contributed by atoms with Crippen LogP contribution < -0.4 is 15.6 Å². The number of hydrogen-bond donors (Lipinski definition) is 2. The molecule has 0 unspecified atom stereocenters. The van der Waals surface area contributed by atoms with Gasteiger partial charge in [-0.25, -0.2) is 9.37 Å². The van der Waals surface area contributed by atoms with Crippen molar-refractivity contribution >= 4 is 23.6 Å². The van der Waals surface area contributed by atoms with Crippen molar-refractivity contribution in [3.63, 3.8) is 0 Å². The number of nitrogens with zero attached hydrogens (tertiary/aromatic N) is 1. The molecule has 0 atom stereocenters. The van der Waals surface area contributed by atoms with Crippen LogP contribution in [0.3, 0.4) is 0 Å².